The van der Waals surface area contributed by atoms with Crippen molar-refractivity contribution < 1.29 is 18.8 Å². The second kappa shape index (κ2) is 7.33. The zero-order chi connectivity index (χ0) is 18.6. The minimum absolute atomic E-state index is 0.0651. The first-order valence-corrected chi connectivity index (χ1v) is 8.40. The van der Waals surface area contributed by atoms with Gasteiger partial charge in [0, 0.05) is 22.7 Å². The lowest BCUT2D eigenvalue weighted by molar-refractivity contribution is -0.144. The summed E-state index contributed by atoms with van der Waals surface area (Å²) >= 11 is 0. The number of fused-ring (bicyclic) bond motifs is 1. The second-order valence-electron chi connectivity index (χ2n) is 5.94. The van der Waals surface area contributed by atoms with E-state index < -0.39 is 0 Å². The first-order chi connectivity index (χ1) is 13.2. The summed E-state index contributed by atoms with van der Waals surface area (Å²) in [6.45, 7) is -0.0651. The number of methoxy groups -OCH3 is 1. The van der Waals surface area contributed by atoms with Crippen LogP contribution in [-0.2, 0) is 22.6 Å². The number of ether oxygens (including phenoxy) is 2. The van der Waals surface area contributed by atoms with Gasteiger partial charge in [-0.05, 0) is 35.9 Å². The van der Waals surface area contributed by atoms with Crippen molar-refractivity contribution in [1.29, 1.82) is 0 Å². The van der Waals surface area contributed by atoms with Gasteiger partial charge in [-0.3, -0.25) is 4.79 Å². The van der Waals surface area contributed by atoms with E-state index in [1.54, 1.807) is 7.11 Å². The summed E-state index contributed by atoms with van der Waals surface area (Å²) in [4.78, 5) is 19.5. The van der Waals surface area contributed by atoms with Gasteiger partial charge in [-0.15, -0.1) is 0 Å². The standard InChI is InChI=1S/C20H17N3O4/c1-25-15-8-6-13(7-9-15)20-22-18(27-23-20)12-26-19(24)10-14-11-21-17-5-3-2-4-16(14)17/h2-9,11,21H,10,12H2,1H3. The summed E-state index contributed by atoms with van der Waals surface area (Å²) in [7, 11) is 1.60. The Labute approximate surface area is 154 Å². The zero-order valence-corrected chi connectivity index (χ0v) is 14.6. The molecule has 0 amide bonds. The lowest BCUT2D eigenvalue weighted by Gasteiger charge is -2.01. The molecule has 2 heterocycles. The Bertz CT molecular complexity index is 1070. The molecule has 0 radical (unpaired) electrons. The molecule has 0 spiro atoms. The van der Waals surface area contributed by atoms with Crippen molar-refractivity contribution in [3.8, 4) is 17.1 Å². The topological polar surface area (TPSA) is 90.2 Å². The summed E-state index contributed by atoms with van der Waals surface area (Å²) in [5, 5.41) is 4.92. The molecular formula is C20H17N3O4. The van der Waals surface area contributed by atoms with Crippen LogP contribution in [0.1, 0.15) is 11.5 Å². The van der Waals surface area contributed by atoms with Gasteiger partial charge in [-0.25, -0.2) is 0 Å². The first kappa shape index (κ1) is 16.8. The summed E-state index contributed by atoms with van der Waals surface area (Å²) in [6, 6.07) is 15.1. The van der Waals surface area contributed by atoms with E-state index >= 15 is 0 Å². The fraction of sp³-hybridized carbons (Fsp3) is 0.150. The molecule has 7 nitrogen and oxygen atoms in total. The maximum Gasteiger partial charge on any atom is 0.310 e. The number of aromatic amines is 1. The van der Waals surface area contributed by atoms with Crippen LogP contribution >= 0.6 is 0 Å². The molecule has 136 valence electrons. The first-order valence-electron chi connectivity index (χ1n) is 8.40. The molecular weight excluding hydrogens is 346 g/mol. The third-order valence-corrected chi connectivity index (χ3v) is 4.18. The van der Waals surface area contributed by atoms with Crippen LogP contribution in [0.15, 0.2) is 59.3 Å². The Morgan fingerprint density at radius 1 is 1.15 bits per heavy atom. The molecule has 0 saturated heterocycles. The highest BCUT2D eigenvalue weighted by molar-refractivity contribution is 5.87. The normalized spacial score (nSPS) is 10.9. The zero-order valence-electron chi connectivity index (χ0n) is 14.6. The highest BCUT2D eigenvalue weighted by atomic mass is 16.6. The molecule has 0 saturated carbocycles. The monoisotopic (exact) mass is 363 g/mol. The van der Waals surface area contributed by atoms with E-state index in [0.29, 0.717) is 5.82 Å². The Morgan fingerprint density at radius 2 is 1.96 bits per heavy atom. The number of nitrogens with zero attached hydrogens (tertiary/aromatic N) is 2. The van der Waals surface area contributed by atoms with E-state index in [0.717, 1.165) is 27.8 Å². The Hall–Kier alpha value is -3.61. The number of rotatable bonds is 6. The maximum atomic E-state index is 12.1. The van der Waals surface area contributed by atoms with Crippen LogP contribution in [0, 0.1) is 0 Å². The maximum absolute atomic E-state index is 12.1. The van der Waals surface area contributed by atoms with Crippen LogP contribution in [0.4, 0.5) is 0 Å². The van der Waals surface area contributed by atoms with Gasteiger partial charge in [0.15, 0.2) is 6.61 Å². The Morgan fingerprint density at radius 3 is 2.78 bits per heavy atom. The third kappa shape index (κ3) is 3.67. The third-order valence-electron chi connectivity index (χ3n) is 4.18. The van der Waals surface area contributed by atoms with E-state index in [9.17, 15) is 4.79 Å². The van der Waals surface area contributed by atoms with Crippen LogP contribution in [0.3, 0.4) is 0 Å². The number of H-pyrrole nitrogens is 1. The molecule has 4 rings (SSSR count). The molecule has 0 aliphatic carbocycles. The highest BCUT2D eigenvalue weighted by Gasteiger charge is 2.13. The van der Waals surface area contributed by atoms with Crippen LogP contribution in [0.2, 0.25) is 0 Å². The summed E-state index contributed by atoms with van der Waals surface area (Å²) < 4.78 is 15.5. The molecule has 0 aliphatic rings. The van der Waals surface area contributed by atoms with E-state index in [1.165, 1.54) is 0 Å². The quantitative estimate of drug-likeness (QED) is 0.527. The average molecular weight is 363 g/mol. The van der Waals surface area contributed by atoms with Crippen LogP contribution in [0.25, 0.3) is 22.3 Å². The smallest absolute Gasteiger partial charge is 0.310 e. The van der Waals surface area contributed by atoms with Crippen molar-refractivity contribution in [2.24, 2.45) is 0 Å². The molecule has 2 aromatic heterocycles. The SMILES string of the molecule is COc1ccc(-c2noc(COC(=O)Cc3c[nH]c4ccccc34)n2)cc1. The van der Waals surface area contributed by atoms with Crippen molar-refractivity contribution >= 4 is 16.9 Å². The van der Waals surface area contributed by atoms with Crippen LogP contribution < -0.4 is 4.74 Å². The van der Waals surface area contributed by atoms with Gasteiger partial charge in [0.25, 0.3) is 5.89 Å². The van der Waals surface area contributed by atoms with Gasteiger partial charge in [-0.2, -0.15) is 4.98 Å². The van der Waals surface area contributed by atoms with Crippen molar-refractivity contribution in [2.45, 2.75) is 13.0 Å². The summed E-state index contributed by atoms with van der Waals surface area (Å²) in [6.07, 6.45) is 1.99. The molecule has 2 aromatic carbocycles. The molecule has 7 heteroatoms. The molecule has 27 heavy (non-hydrogen) atoms. The number of nitrogens with one attached hydrogen (secondary N) is 1. The summed E-state index contributed by atoms with van der Waals surface area (Å²) in [5.41, 5.74) is 2.66. The van der Waals surface area contributed by atoms with Gasteiger partial charge in [0.1, 0.15) is 5.75 Å². The minimum atomic E-state index is -0.357. The Kier molecular flexibility index (Phi) is 4.57. The summed E-state index contributed by atoms with van der Waals surface area (Å²) in [5.74, 6) is 1.06. The lowest BCUT2D eigenvalue weighted by Crippen LogP contribution is -2.07. The number of carbonyl (C=O) groups is 1. The van der Waals surface area contributed by atoms with Crippen LogP contribution in [0.5, 0.6) is 5.75 Å². The van der Waals surface area contributed by atoms with Crippen LogP contribution in [-0.4, -0.2) is 28.2 Å². The number of para-hydroxylation sites is 1. The number of aromatic nitrogens is 3. The second-order valence-corrected chi connectivity index (χ2v) is 5.94. The molecule has 1 N–H and O–H groups in total. The number of benzene rings is 2. The van der Waals surface area contributed by atoms with E-state index in [-0.39, 0.29) is 24.9 Å². The molecule has 0 unspecified atom stereocenters. The number of hydrogen-bond acceptors (Lipinski definition) is 6. The Balaban J connectivity index is 1.37. The van der Waals surface area contributed by atoms with Gasteiger partial charge < -0.3 is 19.0 Å². The minimum Gasteiger partial charge on any atom is -0.497 e. The molecule has 0 atom stereocenters. The van der Waals surface area contributed by atoms with Gasteiger partial charge in [-0.1, -0.05) is 23.4 Å². The number of carbonyl (C=O) groups excluding carboxylic acids is 1. The van der Waals surface area contributed by atoms with E-state index in [1.807, 2.05) is 54.7 Å². The van der Waals surface area contributed by atoms with Crippen molar-refractivity contribution in [2.75, 3.05) is 7.11 Å². The fourth-order valence-electron chi connectivity index (χ4n) is 2.80. The molecule has 0 bridgehead atoms. The van der Waals surface area contributed by atoms with E-state index in [4.69, 9.17) is 14.0 Å². The lowest BCUT2D eigenvalue weighted by atomic mass is 10.1. The fourth-order valence-corrected chi connectivity index (χ4v) is 2.80. The molecule has 0 fully saturated rings. The van der Waals surface area contributed by atoms with E-state index in [2.05, 4.69) is 15.1 Å². The molecule has 4 aromatic rings. The number of esters is 1. The van der Waals surface area contributed by atoms with Gasteiger partial charge in [0.2, 0.25) is 5.82 Å². The predicted octanol–water partition coefficient (Wildman–Crippen LogP) is 3.51. The largest absolute Gasteiger partial charge is 0.497 e. The van der Waals surface area contributed by atoms with Crippen molar-refractivity contribution in [3.63, 3.8) is 0 Å². The predicted molar refractivity (Wildman–Crippen MR) is 98.1 cm³/mol. The molecule has 0 aliphatic heterocycles. The highest BCUT2D eigenvalue weighted by Crippen LogP contribution is 2.21. The number of hydrogen-bond donors (Lipinski definition) is 1. The van der Waals surface area contributed by atoms with Gasteiger partial charge >= 0.3 is 5.97 Å². The van der Waals surface area contributed by atoms with Crippen molar-refractivity contribution in [1.82, 2.24) is 15.1 Å². The van der Waals surface area contributed by atoms with Crippen molar-refractivity contribution in [3.05, 3.63) is 66.2 Å². The van der Waals surface area contributed by atoms with Gasteiger partial charge in [0.05, 0.1) is 13.5 Å². The average Bonchev–Trinajstić information content (AvgIpc) is 3.34.